The van der Waals surface area contributed by atoms with Gasteiger partial charge in [0.15, 0.2) is 0 Å². The number of hydrogen-bond donors (Lipinski definition) is 2. The summed E-state index contributed by atoms with van der Waals surface area (Å²) < 4.78 is 0. The average Bonchev–Trinajstić information content (AvgIpc) is 2.19. The molecule has 2 atom stereocenters. The van der Waals surface area contributed by atoms with E-state index >= 15 is 0 Å². The summed E-state index contributed by atoms with van der Waals surface area (Å²) in [5, 5.41) is 18.7. The van der Waals surface area contributed by atoms with Crippen LogP contribution < -0.4 is 0 Å². The van der Waals surface area contributed by atoms with Crippen LogP contribution in [0.3, 0.4) is 0 Å². The van der Waals surface area contributed by atoms with Crippen molar-refractivity contribution in [3.8, 4) is 0 Å². The fraction of sp³-hybridized carbons (Fsp3) is 1.00. The lowest BCUT2D eigenvalue weighted by atomic mass is 9.92. The van der Waals surface area contributed by atoms with E-state index in [-0.39, 0.29) is 12.7 Å². The maximum atomic E-state index is 9.83. The van der Waals surface area contributed by atoms with Crippen LogP contribution in [-0.2, 0) is 0 Å². The smallest absolute Gasteiger partial charge is 0.0568 e. The van der Waals surface area contributed by atoms with Gasteiger partial charge in [-0.2, -0.15) is 0 Å². The van der Waals surface area contributed by atoms with E-state index in [4.69, 9.17) is 5.11 Å². The molecule has 0 aromatic rings. The molecule has 0 fully saturated rings. The zero-order valence-corrected chi connectivity index (χ0v) is 9.87. The van der Waals surface area contributed by atoms with Gasteiger partial charge in [0.1, 0.15) is 0 Å². The van der Waals surface area contributed by atoms with Crippen LogP contribution in [0.2, 0.25) is 0 Å². The van der Waals surface area contributed by atoms with Gasteiger partial charge >= 0.3 is 0 Å². The minimum absolute atomic E-state index is 0.143. The Bertz CT molecular complexity index is 121. The van der Waals surface area contributed by atoms with Crippen LogP contribution in [0.25, 0.3) is 0 Å². The predicted molar refractivity (Wildman–Crippen MR) is 60.2 cm³/mol. The lowest BCUT2D eigenvalue weighted by molar-refractivity contribution is 0.0890. The Morgan fingerprint density at radius 1 is 1.07 bits per heavy atom. The van der Waals surface area contributed by atoms with Gasteiger partial charge in [0.2, 0.25) is 0 Å². The van der Waals surface area contributed by atoms with Gasteiger partial charge < -0.3 is 10.2 Å². The van der Waals surface area contributed by atoms with E-state index in [1.807, 2.05) is 6.92 Å². The highest BCUT2D eigenvalue weighted by Gasteiger charge is 2.14. The van der Waals surface area contributed by atoms with Crippen molar-refractivity contribution in [2.24, 2.45) is 11.8 Å². The number of aliphatic hydroxyl groups excluding tert-OH is 2. The van der Waals surface area contributed by atoms with Gasteiger partial charge in [0.25, 0.3) is 0 Å². The molecule has 86 valence electrons. The largest absolute Gasteiger partial charge is 0.396 e. The third-order valence-electron chi connectivity index (χ3n) is 3.10. The van der Waals surface area contributed by atoms with Crippen molar-refractivity contribution in [3.63, 3.8) is 0 Å². The maximum absolute atomic E-state index is 9.83. The minimum atomic E-state index is -0.143. The molecule has 0 heterocycles. The number of rotatable bonds is 8. The lowest BCUT2D eigenvalue weighted by Crippen LogP contribution is -2.19. The van der Waals surface area contributed by atoms with E-state index in [1.54, 1.807) is 0 Å². The van der Waals surface area contributed by atoms with E-state index in [0.717, 1.165) is 32.1 Å². The first-order valence-corrected chi connectivity index (χ1v) is 5.94. The third-order valence-corrected chi connectivity index (χ3v) is 3.10. The van der Waals surface area contributed by atoms with Crippen molar-refractivity contribution in [1.29, 1.82) is 0 Å². The molecule has 0 amide bonds. The second-order valence-electron chi connectivity index (χ2n) is 4.36. The molecule has 2 unspecified atom stereocenters. The molecule has 14 heavy (non-hydrogen) atoms. The molecule has 0 aliphatic carbocycles. The summed E-state index contributed by atoms with van der Waals surface area (Å²) in [5.41, 5.74) is 0. The molecule has 0 aliphatic heterocycles. The molecule has 0 aliphatic rings. The first-order valence-electron chi connectivity index (χ1n) is 5.94. The van der Waals surface area contributed by atoms with Crippen molar-refractivity contribution < 1.29 is 10.2 Å². The summed E-state index contributed by atoms with van der Waals surface area (Å²) in [6.07, 6.45) is 4.92. The van der Waals surface area contributed by atoms with Crippen molar-refractivity contribution in [1.82, 2.24) is 0 Å². The van der Waals surface area contributed by atoms with E-state index < -0.39 is 0 Å². The topological polar surface area (TPSA) is 40.5 Å². The van der Waals surface area contributed by atoms with E-state index in [2.05, 4.69) is 13.8 Å². The quantitative estimate of drug-likeness (QED) is 0.635. The Morgan fingerprint density at radius 2 is 1.64 bits per heavy atom. The Labute approximate surface area is 88.3 Å². The third kappa shape index (κ3) is 5.61. The molecule has 0 saturated heterocycles. The monoisotopic (exact) mass is 202 g/mol. The van der Waals surface area contributed by atoms with Crippen molar-refractivity contribution in [3.05, 3.63) is 0 Å². The Kier molecular flexibility index (Phi) is 8.20. The highest BCUT2D eigenvalue weighted by molar-refractivity contribution is 4.66. The summed E-state index contributed by atoms with van der Waals surface area (Å²) in [6, 6.07) is 0. The Morgan fingerprint density at radius 3 is 2.07 bits per heavy atom. The van der Waals surface area contributed by atoms with Crippen LogP contribution in [0.15, 0.2) is 0 Å². The second kappa shape index (κ2) is 8.25. The highest BCUT2D eigenvalue weighted by atomic mass is 16.3. The molecule has 2 heteroatoms. The molecular formula is C12H26O2. The molecule has 0 aromatic heterocycles. The van der Waals surface area contributed by atoms with Gasteiger partial charge in [-0.05, 0) is 24.7 Å². The van der Waals surface area contributed by atoms with Crippen LogP contribution in [0.1, 0.15) is 52.9 Å². The second-order valence-corrected chi connectivity index (χ2v) is 4.36. The van der Waals surface area contributed by atoms with Crippen LogP contribution in [0.4, 0.5) is 0 Å². The van der Waals surface area contributed by atoms with E-state index in [9.17, 15) is 5.11 Å². The molecule has 2 nitrogen and oxygen atoms in total. The van der Waals surface area contributed by atoms with Gasteiger partial charge in [-0.25, -0.2) is 0 Å². The lowest BCUT2D eigenvalue weighted by Gasteiger charge is -2.20. The first-order chi connectivity index (χ1) is 6.65. The SMILES string of the molecule is CCC(CC)C(O)CCCC(C)CO. The maximum Gasteiger partial charge on any atom is 0.0568 e. The van der Waals surface area contributed by atoms with Crippen LogP contribution in [0.5, 0.6) is 0 Å². The summed E-state index contributed by atoms with van der Waals surface area (Å²) in [5.74, 6) is 0.836. The van der Waals surface area contributed by atoms with Gasteiger partial charge in [0, 0.05) is 6.61 Å². The van der Waals surface area contributed by atoms with E-state index in [0.29, 0.717) is 11.8 Å². The Hall–Kier alpha value is -0.0800. The highest BCUT2D eigenvalue weighted by Crippen LogP contribution is 2.19. The fourth-order valence-corrected chi connectivity index (χ4v) is 1.84. The summed E-state index contributed by atoms with van der Waals surface area (Å²) >= 11 is 0. The average molecular weight is 202 g/mol. The molecule has 0 radical (unpaired) electrons. The molecule has 0 spiro atoms. The van der Waals surface area contributed by atoms with Gasteiger partial charge in [-0.15, -0.1) is 0 Å². The molecule has 0 rings (SSSR count). The van der Waals surface area contributed by atoms with Gasteiger partial charge in [-0.3, -0.25) is 0 Å². The van der Waals surface area contributed by atoms with Crippen LogP contribution in [-0.4, -0.2) is 22.9 Å². The normalized spacial score (nSPS) is 15.9. The van der Waals surface area contributed by atoms with Crippen molar-refractivity contribution >= 4 is 0 Å². The number of aliphatic hydroxyl groups is 2. The van der Waals surface area contributed by atoms with Gasteiger partial charge in [-0.1, -0.05) is 40.0 Å². The molecule has 0 saturated carbocycles. The predicted octanol–water partition coefficient (Wildman–Crippen LogP) is 2.58. The molecule has 0 aromatic carbocycles. The zero-order valence-electron chi connectivity index (χ0n) is 9.87. The van der Waals surface area contributed by atoms with Gasteiger partial charge in [0.05, 0.1) is 6.10 Å². The summed E-state index contributed by atoms with van der Waals surface area (Å²) in [6.45, 7) is 6.58. The van der Waals surface area contributed by atoms with Crippen LogP contribution >= 0.6 is 0 Å². The molecule has 0 bridgehead atoms. The van der Waals surface area contributed by atoms with Crippen molar-refractivity contribution in [2.75, 3.05) is 6.61 Å². The molecular weight excluding hydrogens is 176 g/mol. The summed E-state index contributed by atoms with van der Waals surface area (Å²) in [7, 11) is 0. The minimum Gasteiger partial charge on any atom is -0.396 e. The first kappa shape index (κ1) is 13.9. The van der Waals surface area contributed by atoms with Crippen molar-refractivity contribution in [2.45, 2.75) is 59.0 Å². The standard InChI is InChI=1S/C12H26O2/c1-4-11(5-2)12(14)8-6-7-10(3)9-13/h10-14H,4-9H2,1-3H3. The Balaban J connectivity index is 3.56. The van der Waals surface area contributed by atoms with E-state index in [1.165, 1.54) is 0 Å². The fourth-order valence-electron chi connectivity index (χ4n) is 1.84. The summed E-state index contributed by atoms with van der Waals surface area (Å²) in [4.78, 5) is 0. The number of hydrogen-bond acceptors (Lipinski definition) is 2. The molecule has 2 N–H and O–H groups in total. The van der Waals surface area contributed by atoms with Crippen LogP contribution in [0, 0.1) is 11.8 Å². The zero-order chi connectivity index (χ0) is 11.0.